The molecule has 1 aliphatic heterocycles. The smallest absolute Gasteiger partial charge is 0.237 e. The first kappa shape index (κ1) is 14.7. The fraction of sp³-hybridized carbons (Fsp3) is 0.222. The second kappa shape index (κ2) is 5.33. The Hall–Kier alpha value is -2.89. The number of rotatable bonds is 1. The molecule has 0 spiro atoms. The van der Waals surface area contributed by atoms with Crippen molar-refractivity contribution < 1.29 is 9.13 Å². The SMILES string of the molecule is Cc1c(-c2cc3cc(N)ncc3cc2F)cnc2c1N(C)CCO2. The molecule has 0 saturated heterocycles. The van der Waals surface area contributed by atoms with Gasteiger partial charge >= 0.3 is 0 Å². The molecule has 0 bridgehead atoms. The zero-order valence-corrected chi connectivity index (χ0v) is 13.5. The molecule has 6 heteroatoms. The molecule has 2 N–H and O–H groups in total. The minimum absolute atomic E-state index is 0.307. The maximum atomic E-state index is 14.7. The topological polar surface area (TPSA) is 64.3 Å². The molecule has 0 atom stereocenters. The number of pyridine rings is 2. The fourth-order valence-electron chi connectivity index (χ4n) is 3.18. The van der Waals surface area contributed by atoms with Crippen LogP contribution in [0, 0.1) is 12.7 Å². The molecule has 0 aliphatic carbocycles. The summed E-state index contributed by atoms with van der Waals surface area (Å²) in [6.45, 7) is 3.35. The number of hydrogen-bond donors (Lipinski definition) is 1. The number of benzene rings is 1. The van der Waals surface area contributed by atoms with Gasteiger partial charge in [0.25, 0.3) is 0 Å². The molecule has 0 fully saturated rings. The van der Waals surface area contributed by atoms with Gasteiger partial charge in [-0.15, -0.1) is 0 Å². The molecule has 24 heavy (non-hydrogen) atoms. The van der Waals surface area contributed by atoms with Crippen LogP contribution in [0.4, 0.5) is 15.9 Å². The maximum Gasteiger partial charge on any atom is 0.237 e. The second-order valence-corrected chi connectivity index (χ2v) is 6.01. The third-order valence-corrected chi connectivity index (χ3v) is 4.44. The molecule has 1 aromatic carbocycles. The molecular weight excluding hydrogens is 307 g/mol. The minimum Gasteiger partial charge on any atom is -0.474 e. The number of aromatic nitrogens is 2. The Kier molecular flexibility index (Phi) is 3.26. The lowest BCUT2D eigenvalue weighted by molar-refractivity contribution is 0.298. The molecule has 4 rings (SSSR count). The first-order chi connectivity index (χ1) is 11.5. The Morgan fingerprint density at radius 3 is 2.79 bits per heavy atom. The van der Waals surface area contributed by atoms with E-state index in [0.717, 1.165) is 34.1 Å². The van der Waals surface area contributed by atoms with Crippen molar-refractivity contribution in [3.05, 3.63) is 42.0 Å². The van der Waals surface area contributed by atoms with Crippen LogP contribution in [0.1, 0.15) is 5.56 Å². The number of halogens is 1. The number of likely N-dealkylation sites (N-methyl/N-ethyl adjacent to an activating group) is 1. The minimum atomic E-state index is -0.307. The number of hydrogen-bond acceptors (Lipinski definition) is 5. The zero-order chi connectivity index (χ0) is 16.8. The Bertz CT molecular complexity index is 957. The summed E-state index contributed by atoms with van der Waals surface area (Å²) in [7, 11) is 1.99. The molecule has 5 nitrogen and oxygen atoms in total. The quantitative estimate of drug-likeness (QED) is 0.745. The molecule has 3 heterocycles. The Morgan fingerprint density at radius 2 is 1.96 bits per heavy atom. The predicted molar refractivity (Wildman–Crippen MR) is 92.8 cm³/mol. The summed E-state index contributed by atoms with van der Waals surface area (Å²) in [6, 6.07) is 5.02. The molecule has 2 aromatic heterocycles. The van der Waals surface area contributed by atoms with Gasteiger partial charge in [-0.05, 0) is 36.1 Å². The Balaban J connectivity index is 1.94. The highest BCUT2D eigenvalue weighted by Gasteiger charge is 2.22. The number of anilines is 2. The van der Waals surface area contributed by atoms with Crippen LogP contribution in [0.5, 0.6) is 5.88 Å². The van der Waals surface area contributed by atoms with Crippen LogP contribution in [0.25, 0.3) is 21.9 Å². The van der Waals surface area contributed by atoms with E-state index < -0.39 is 0 Å². The van der Waals surface area contributed by atoms with Gasteiger partial charge in [-0.3, -0.25) is 0 Å². The maximum absolute atomic E-state index is 14.7. The predicted octanol–water partition coefficient (Wildman–Crippen LogP) is 3.16. The first-order valence-corrected chi connectivity index (χ1v) is 7.73. The fourth-order valence-corrected chi connectivity index (χ4v) is 3.18. The van der Waals surface area contributed by atoms with Crippen molar-refractivity contribution in [2.45, 2.75) is 6.92 Å². The monoisotopic (exact) mass is 324 g/mol. The standard InChI is InChI=1S/C18H17FN4O/c1-10-14(9-22-18-17(10)23(2)3-4-24-18)13-5-11-7-16(20)21-8-12(11)6-15(13)19/h5-9H,3-4H2,1-2H3,(H2,20,21). The summed E-state index contributed by atoms with van der Waals surface area (Å²) in [5.41, 5.74) is 8.86. The summed E-state index contributed by atoms with van der Waals surface area (Å²) in [5, 5.41) is 1.56. The van der Waals surface area contributed by atoms with Crippen LogP contribution in [0.15, 0.2) is 30.6 Å². The van der Waals surface area contributed by atoms with E-state index in [-0.39, 0.29) is 5.82 Å². The van der Waals surface area contributed by atoms with E-state index in [9.17, 15) is 4.39 Å². The van der Waals surface area contributed by atoms with Gasteiger partial charge in [0.05, 0.1) is 6.54 Å². The highest BCUT2D eigenvalue weighted by atomic mass is 19.1. The summed E-state index contributed by atoms with van der Waals surface area (Å²) in [4.78, 5) is 10.5. The van der Waals surface area contributed by atoms with Gasteiger partial charge in [0.1, 0.15) is 23.9 Å². The van der Waals surface area contributed by atoms with Gasteiger partial charge in [0.15, 0.2) is 0 Å². The van der Waals surface area contributed by atoms with Crippen molar-refractivity contribution in [1.29, 1.82) is 0 Å². The average Bonchev–Trinajstić information content (AvgIpc) is 2.55. The van der Waals surface area contributed by atoms with Crippen molar-refractivity contribution in [3.63, 3.8) is 0 Å². The highest BCUT2D eigenvalue weighted by Crippen LogP contribution is 2.39. The first-order valence-electron chi connectivity index (χ1n) is 7.73. The molecule has 0 saturated carbocycles. The van der Waals surface area contributed by atoms with Gasteiger partial charge < -0.3 is 15.4 Å². The molecule has 1 aliphatic rings. The molecule has 122 valence electrons. The largest absolute Gasteiger partial charge is 0.474 e. The number of nitrogen functional groups attached to an aromatic ring is 1. The molecular formula is C18H17FN4O. The van der Waals surface area contributed by atoms with Gasteiger partial charge in [0, 0.05) is 36.0 Å². The van der Waals surface area contributed by atoms with Crippen molar-refractivity contribution in [2.24, 2.45) is 0 Å². The lowest BCUT2D eigenvalue weighted by Crippen LogP contribution is -2.30. The normalized spacial score (nSPS) is 13.7. The van der Waals surface area contributed by atoms with E-state index in [4.69, 9.17) is 10.5 Å². The van der Waals surface area contributed by atoms with E-state index in [1.165, 1.54) is 6.07 Å². The van der Waals surface area contributed by atoms with Crippen molar-refractivity contribution in [2.75, 3.05) is 30.8 Å². The van der Waals surface area contributed by atoms with Crippen molar-refractivity contribution in [1.82, 2.24) is 9.97 Å². The highest BCUT2D eigenvalue weighted by molar-refractivity contribution is 5.90. The van der Waals surface area contributed by atoms with E-state index in [1.807, 2.05) is 14.0 Å². The van der Waals surface area contributed by atoms with Crippen molar-refractivity contribution in [3.8, 4) is 17.0 Å². The van der Waals surface area contributed by atoms with E-state index in [2.05, 4.69) is 14.9 Å². The van der Waals surface area contributed by atoms with Gasteiger partial charge in [-0.25, -0.2) is 14.4 Å². The third-order valence-electron chi connectivity index (χ3n) is 4.44. The second-order valence-electron chi connectivity index (χ2n) is 6.01. The van der Waals surface area contributed by atoms with E-state index in [0.29, 0.717) is 23.9 Å². The van der Waals surface area contributed by atoms with E-state index in [1.54, 1.807) is 24.5 Å². The molecule has 0 unspecified atom stereocenters. The molecule has 3 aromatic rings. The van der Waals surface area contributed by atoms with Crippen LogP contribution in [-0.2, 0) is 0 Å². The van der Waals surface area contributed by atoms with Crippen LogP contribution in [0.3, 0.4) is 0 Å². The zero-order valence-electron chi connectivity index (χ0n) is 13.5. The Morgan fingerprint density at radius 1 is 1.12 bits per heavy atom. The summed E-state index contributed by atoms with van der Waals surface area (Å²) >= 11 is 0. The average molecular weight is 324 g/mol. The van der Waals surface area contributed by atoms with Gasteiger partial charge in [0.2, 0.25) is 5.88 Å². The van der Waals surface area contributed by atoms with E-state index >= 15 is 0 Å². The van der Waals surface area contributed by atoms with Crippen LogP contribution in [0.2, 0.25) is 0 Å². The summed E-state index contributed by atoms with van der Waals surface area (Å²) < 4.78 is 20.3. The van der Waals surface area contributed by atoms with Gasteiger partial charge in [-0.1, -0.05) is 0 Å². The van der Waals surface area contributed by atoms with Crippen LogP contribution in [-0.4, -0.2) is 30.2 Å². The molecule has 0 amide bonds. The Labute approximate surface area is 138 Å². The number of fused-ring (bicyclic) bond motifs is 2. The van der Waals surface area contributed by atoms with Gasteiger partial charge in [-0.2, -0.15) is 0 Å². The number of nitrogens with two attached hydrogens (primary N) is 1. The lowest BCUT2D eigenvalue weighted by atomic mass is 9.98. The lowest BCUT2D eigenvalue weighted by Gasteiger charge is -2.29. The van der Waals surface area contributed by atoms with Crippen LogP contribution >= 0.6 is 0 Å². The number of nitrogens with zero attached hydrogens (tertiary/aromatic N) is 3. The van der Waals surface area contributed by atoms with Crippen molar-refractivity contribution >= 4 is 22.3 Å². The summed E-state index contributed by atoms with van der Waals surface area (Å²) in [5.74, 6) is 0.700. The number of ether oxygens (including phenoxy) is 1. The van der Waals surface area contributed by atoms with Crippen LogP contribution < -0.4 is 15.4 Å². The summed E-state index contributed by atoms with van der Waals surface area (Å²) in [6.07, 6.45) is 3.25. The third kappa shape index (κ3) is 2.22. The molecule has 0 radical (unpaired) electrons.